The summed E-state index contributed by atoms with van der Waals surface area (Å²) in [6.45, 7) is 2.40. The summed E-state index contributed by atoms with van der Waals surface area (Å²) in [6, 6.07) is 12.0. The van der Waals surface area contributed by atoms with Crippen LogP contribution in [-0.2, 0) is 6.42 Å². The van der Waals surface area contributed by atoms with Gasteiger partial charge in [0.15, 0.2) is 0 Å². The molecule has 0 bridgehead atoms. The lowest BCUT2D eigenvalue weighted by Crippen LogP contribution is -2.26. The largest absolute Gasteiger partial charge is 0.496 e. The summed E-state index contributed by atoms with van der Waals surface area (Å²) in [6.07, 6.45) is -0.298. The number of likely N-dealkylation sites (N-methyl/N-ethyl adjacent to an activating group) is 1. The number of pyridine rings is 1. The number of nitrogens with zero attached hydrogens (tertiary/aromatic N) is 1. The van der Waals surface area contributed by atoms with Crippen LogP contribution in [-0.4, -0.2) is 41.8 Å². The Morgan fingerprint density at radius 2 is 1.97 bits per heavy atom. The van der Waals surface area contributed by atoms with Crippen LogP contribution in [0.25, 0.3) is 32.1 Å². The summed E-state index contributed by atoms with van der Waals surface area (Å²) in [7, 11) is 3.21. The number of ether oxygens (including phenoxy) is 1. The van der Waals surface area contributed by atoms with Crippen LogP contribution >= 0.6 is 11.3 Å². The van der Waals surface area contributed by atoms with E-state index in [0.29, 0.717) is 17.7 Å². The highest BCUT2D eigenvalue weighted by Gasteiger charge is 2.18. The van der Waals surface area contributed by atoms with Crippen molar-refractivity contribution in [3.8, 4) is 16.9 Å². The third-order valence-electron chi connectivity index (χ3n) is 5.39. The Kier molecular flexibility index (Phi) is 5.22. The summed E-state index contributed by atoms with van der Waals surface area (Å²) in [5.41, 5.74) is 4.65. The first-order chi connectivity index (χ1) is 14.4. The molecule has 1 amide bonds. The Morgan fingerprint density at radius 3 is 2.63 bits per heavy atom. The summed E-state index contributed by atoms with van der Waals surface area (Å²) in [5, 5.41) is 12.8. The van der Waals surface area contributed by atoms with Gasteiger partial charge in [-0.2, -0.15) is 0 Å². The van der Waals surface area contributed by atoms with Crippen LogP contribution in [0, 0.1) is 6.92 Å². The second-order valence-electron chi connectivity index (χ2n) is 7.29. The minimum Gasteiger partial charge on any atom is -0.496 e. The number of aryl methyl sites for hydroxylation is 1. The van der Waals surface area contributed by atoms with Crippen molar-refractivity contribution in [1.82, 2.24) is 9.88 Å². The van der Waals surface area contributed by atoms with Crippen molar-refractivity contribution in [1.29, 1.82) is 0 Å². The van der Waals surface area contributed by atoms with Crippen LogP contribution < -0.4 is 10.3 Å². The van der Waals surface area contributed by atoms with E-state index < -0.39 is 6.09 Å². The van der Waals surface area contributed by atoms with Crippen LogP contribution in [0.1, 0.15) is 11.1 Å². The van der Waals surface area contributed by atoms with E-state index >= 15 is 0 Å². The number of rotatable bonds is 5. The lowest BCUT2D eigenvalue weighted by atomic mass is 9.94. The van der Waals surface area contributed by atoms with E-state index in [9.17, 15) is 9.59 Å². The first-order valence-corrected chi connectivity index (χ1v) is 10.4. The average Bonchev–Trinajstić information content (AvgIpc) is 3.23. The molecule has 2 N–H and O–H groups in total. The number of nitrogens with one attached hydrogen (secondary N) is 1. The molecule has 30 heavy (non-hydrogen) atoms. The van der Waals surface area contributed by atoms with Gasteiger partial charge >= 0.3 is 6.09 Å². The molecular weight excluding hydrogens is 400 g/mol. The highest BCUT2D eigenvalue weighted by molar-refractivity contribution is 7.17. The molecule has 154 valence electrons. The smallest absolute Gasteiger partial charge is 0.407 e. The molecule has 4 rings (SSSR count). The average molecular weight is 423 g/mol. The van der Waals surface area contributed by atoms with E-state index in [4.69, 9.17) is 9.84 Å². The maximum atomic E-state index is 12.5. The molecule has 0 saturated carbocycles. The molecular formula is C23H22N2O4S. The van der Waals surface area contributed by atoms with Gasteiger partial charge in [0, 0.05) is 29.9 Å². The summed E-state index contributed by atoms with van der Waals surface area (Å²) in [4.78, 5) is 27.8. The number of fused-ring (bicyclic) bond motifs is 3. The van der Waals surface area contributed by atoms with Crippen LogP contribution in [0.15, 0.2) is 46.6 Å². The van der Waals surface area contributed by atoms with E-state index in [1.54, 1.807) is 14.2 Å². The predicted molar refractivity (Wildman–Crippen MR) is 121 cm³/mol. The fraction of sp³-hybridized carbons (Fsp3) is 0.217. The quantitative estimate of drug-likeness (QED) is 0.480. The Hall–Kier alpha value is -3.32. The zero-order chi connectivity index (χ0) is 21.4. The highest BCUT2D eigenvalue weighted by atomic mass is 32.1. The standard InChI is InChI=1S/C23H22N2O4S/c1-13-12-17(29-3)18(19-16-9-11-30-21(16)22(26)24-20(13)19)15-6-4-14(5-7-15)8-10-25(2)23(27)28/h4-7,9,11-12H,8,10H2,1-3H3,(H,24,26)(H,27,28). The Balaban J connectivity index is 1.86. The molecule has 0 aliphatic heterocycles. The van der Waals surface area contributed by atoms with Gasteiger partial charge in [-0.05, 0) is 47.5 Å². The van der Waals surface area contributed by atoms with Gasteiger partial charge in [0.1, 0.15) is 10.4 Å². The van der Waals surface area contributed by atoms with E-state index in [-0.39, 0.29) is 5.56 Å². The van der Waals surface area contributed by atoms with Crippen LogP contribution in [0.4, 0.5) is 4.79 Å². The third-order valence-corrected chi connectivity index (χ3v) is 6.31. The van der Waals surface area contributed by atoms with E-state index in [1.165, 1.54) is 16.2 Å². The number of amides is 1. The zero-order valence-corrected chi connectivity index (χ0v) is 17.8. The maximum Gasteiger partial charge on any atom is 0.407 e. The summed E-state index contributed by atoms with van der Waals surface area (Å²) < 4.78 is 6.42. The molecule has 7 heteroatoms. The molecule has 0 saturated heterocycles. The normalized spacial score (nSPS) is 11.2. The van der Waals surface area contributed by atoms with Gasteiger partial charge in [0.25, 0.3) is 5.56 Å². The molecule has 0 aliphatic carbocycles. The molecule has 2 aromatic carbocycles. The topological polar surface area (TPSA) is 82.6 Å². The van der Waals surface area contributed by atoms with Crippen molar-refractivity contribution in [3.05, 3.63) is 63.3 Å². The first-order valence-electron chi connectivity index (χ1n) is 9.55. The molecule has 2 aromatic heterocycles. The summed E-state index contributed by atoms with van der Waals surface area (Å²) in [5.74, 6) is 0.748. The summed E-state index contributed by atoms with van der Waals surface area (Å²) >= 11 is 1.43. The number of hydrogen-bond acceptors (Lipinski definition) is 4. The number of hydrogen-bond donors (Lipinski definition) is 2. The molecule has 0 unspecified atom stereocenters. The second-order valence-corrected chi connectivity index (χ2v) is 8.21. The zero-order valence-electron chi connectivity index (χ0n) is 17.0. The minimum atomic E-state index is -0.934. The van der Waals surface area contributed by atoms with Gasteiger partial charge in [-0.15, -0.1) is 11.3 Å². The second kappa shape index (κ2) is 7.84. The molecule has 0 atom stereocenters. The van der Waals surface area contributed by atoms with E-state index in [0.717, 1.165) is 44.3 Å². The van der Waals surface area contributed by atoms with Gasteiger partial charge in [0.2, 0.25) is 0 Å². The third kappa shape index (κ3) is 3.41. The SMILES string of the molecule is COc1cc(C)c2[nH]c(=O)c3sccc3c2c1-c1ccc(CCN(C)C(=O)O)cc1. The predicted octanol–water partition coefficient (Wildman–Crippen LogP) is 4.88. The number of H-pyrrole nitrogens is 1. The van der Waals surface area contributed by atoms with Gasteiger partial charge in [-0.25, -0.2) is 4.79 Å². The number of methoxy groups -OCH3 is 1. The van der Waals surface area contributed by atoms with E-state index in [1.807, 2.05) is 48.7 Å². The van der Waals surface area contributed by atoms with Crippen molar-refractivity contribution < 1.29 is 14.6 Å². The Bertz CT molecular complexity index is 1310. The van der Waals surface area contributed by atoms with Crippen molar-refractivity contribution in [3.63, 3.8) is 0 Å². The molecule has 0 spiro atoms. The molecule has 6 nitrogen and oxygen atoms in total. The van der Waals surface area contributed by atoms with Crippen LogP contribution in [0.3, 0.4) is 0 Å². The fourth-order valence-corrected chi connectivity index (χ4v) is 4.54. The number of aromatic amines is 1. The van der Waals surface area contributed by atoms with Gasteiger partial charge in [-0.1, -0.05) is 24.3 Å². The van der Waals surface area contributed by atoms with Crippen molar-refractivity contribution >= 4 is 38.4 Å². The molecule has 4 aromatic rings. The highest BCUT2D eigenvalue weighted by Crippen LogP contribution is 2.41. The monoisotopic (exact) mass is 422 g/mol. The molecule has 2 heterocycles. The van der Waals surface area contributed by atoms with Gasteiger partial charge in [0.05, 0.1) is 12.6 Å². The van der Waals surface area contributed by atoms with E-state index in [2.05, 4.69) is 4.98 Å². The van der Waals surface area contributed by atoms with Crippen LogP contribution in [0.2, 0.25) is 0 Å². The Morgan fingerprint density at radius 1 is 1.23 bits per heavy atom. The molecule has 0 fully saturated rings. The van der Waals surface area contributed by atoms with Crippen molar-refractivity contribution in [2.75, 3.05) is 20.7 Å². The molecule has 0 aliphatic rings. The van der Waals surface area contributed by atoms with Crippen molar-refractivity contribution in [2.45, 2.75) is 13.3 Å². The number of thiophene rings is 1. The fourth-order valence-electron chi connectivity index (χ4n) is 3.75. The Labute approximate surface area is 177 Å². The number of carboxylic acid groups (broad SMARTS) is 1. The molecule has 0 radical (unpaired) electrons. The number of aromatic nitrogens is 1. The number of carbonyl (C=O) groups is 1. The minimum absolute atomic E-state index is 0.0791. The first kappa shape index (κ1) is 20.0. The maximum absolute atomic E-state index is 12.5. The van der Waals surface area contributed by atoms with Crippen molar-refractivity contribution in [2.24, 2.45) is 0 Å². The van der Waals surface area contributed by atoms with Crippen LogP contribution in [0.5, 0.6) is 5.75 Å². The van der Waals surface area contributed by atoms with Gasteiger partial charge < -0.3 is 19.7 Å². The van der Waals surface area contributed by atoms with Gasteiger partial charge in [-0.3, -0.25) is 4.79 Å². The number of benzene rings is 2. The lowest BCUT2D eigenvalue weighted by molar-refractivity contribution is 0.156. The lowest BCUT2D eigenvalue weighted by Gasteiger charge is -2.16.